The highest BCUT2D eigenvalue weighted by atomic mass is 16.5. The van der Waals surface area contributed by atoms with Crippen LogP contribution in [-0.4, -0.2) is 38.3 Å². The van der Waals surface area contributed by atoms with Crippen LogP contribution in [0.1, 0.15) is 0 Å². The first kappa shape index (κ1) is 12.8. The smallest absolute Gasteiger partial charge is 0.323 e. The summed E-state index contributed by atoms with van der Waals surface area (Å²) in [6.45, 7) is -0.458. The van der Waals surface area contributed by atoms with Crippen molar-refractivity contribution in [2.24, 2.45) is 0 Å². The van der Waals surface area contributed by atoms with Gasteiger partial charge in [0, 0.05) is 0 Å². The number of methoxy groups -OCH3 is 2. The van der Waals surface area contributed by atoms with Crippen molar-refractivity contribution < 1.29 is 24.2 Å². The fourth-order valence-electron chi connectivity index (χ4n) is 1.43. The van der Waals surface area contributed by atoms with Crippen LogP contribution in [-0.2, 0) is 9.59 Å². The van der Waals surface area contributed by atoms with Gasteiger partial charge in [0.25, 0.3) is 0 Å². The Balaban J connectivity index is 3.23. The van der Waals surface area contributed by atoms with Gasteiger partial charge in [0.15, 0.2) is 0 Å². The number of hydrogen-bond acceptors (Lipinski definition) is 4. The van der Waals surface area contributed by atoms with Crippen LogP contribution in [0, 0.1) is 0 Å². The van der Waals surface area contributed by atoms with Gasteiger partial charge in [-0.15, -0.1) is 0 Å². The minimum Gasteiger partial charge on any atom is -0.494 e. The standard InChI is InChI=1S/C11H13NO5/c1-16-8-4-3-5-9(17-2)11(8)12(7-13)6-10(14)15/h3-5,7H,6H2,1-2H3,(H,14,15). The lowest BCUT2D eigenvalue weighted by molar-refractivity contribution is -0.136. The number of ether oxygens (including phenoxy) is 2. The Morgan fingerprint density at radius 1 is 1.35 bits per heavy atom. The van der Waals surface area contributed by atoms with Gasteiger partial charge in [0.2, 0.25) is 6.41 Å². The Hall–Kier alpha value is -2.24. The van der Waals surface area contributed by atoms with Gasteiger partial charge in [-0.25, -0.2) is 0 Å². The number of para-hydroxylation sites is 1. The molecule has 0 aromatic heterocycles. The van der Waals surface area contributed by atoms with Gasteiger partial charge in [-0.3, -0.25) is 14.5 Å². The van der Waals surface area contributed by atoms with E-state index >= 15 is 0 Å². The molecule has 0 unspecified atom stereocenters. The lowest BCUT2D eigenvalue weighted by atomic mass is 10.2. The molecule has 17 heavy (non-hydrogen) atoms. The van der Waals surface area contributed by atoms with Crippen LogP contribution in [0.3, 0.4) is 0 Å². The summed E-state index contributed by atoms with van der Waals surface area (Å²) in [4.78, 5) is 22.6. The fraction of sp³-hybridized carbons (Fsp3) is 0.273. The molecular formula is C11H13NO5. The SMILES string of the molecule is COc1cccc(OC)c1N(C=O)CC(=O)O. The van der Waals surface area contributed by atoms with Gasteiger partial charge in [0.05, 0.1) is 14.2 Å². The maximum absolute atomic E-state index is 10.9. The number of benzene rings is 1. The number of carbonyl (C=O) groups is 2. The van der Waals surface area contributed by atoms with E-state index in [4.69, 9.17) is 14.6 Å². The third-order valence-corrected chi connectivity index (χ3v) is 2.12. The van der Waals surface area contributed by atoms with Gasteiger partial charge in [0.1, 0.15) is 23.7 Å². The fourth-order valence-corrected chi connectivity index (χ4v) is 1.43. The molecule has 0 aliphatic heterocycles. The molecule has 1 aromatic rings. The molecule has 0 aliphatic carbocycles. The van der Waals surface area contributed by atoms with E-state index in [1.165, 1.54) is 14.2 Å². The highest BCUT2D eigenvalue weighted by Gasteiger charge is 2.19. The molecule has 0 radical (unpaired) electrons. The summed E-state index contributed by atoms with van der Waals surface area (Å²) in [7, 11) is 2.87. The van der Waals surface area contributed by atoms with Crippen LogP contribution < -0.4 is 14.4 Å². The molecule has 0 saturated heterocycles. The number of aliphatic carboxylic acids is 1. The van der Waals surface area contributed by atoms with Crippen molar-refractivity contribution in [3.63, 3.8) is 0 Å². The number of carbonyl (C=O) groups excluding carboxylic acids is 1. The van der Waals surface area contributed by atoms with E-state index < -0.39 is 12.5 Å². The van der Waals surface area contributed by atoms with Gasteiger partial charge in [-0.2, -0.15) is 0 Å². The lowest BCUT2D eigenvalue weighted by Crippen LogP contribution is -2.28. The van der Waals surface area contributed by atoms with Crippen molar-refractivity contribution in [2.75, 3.05) is 25.7 Å². The molecule has 0 bridgehead atoms. The Labute approximate surface area is 98.4 Å². The van der Waals surface area contributed by atoms with Crippen LogP contribution >= 0.6 is 0 Å². The topological polar surface area (TPSA) is 76.1 Å². The minimum atomic E-state index is -1.12. The second-order valence-electron chi connectivity index (χ2n) is 3.14. The monoisotopic (exact) mass is 239 g/mol. The van der Waals surface area contributed by atoms with Crippen LogP contribution in [0.4, 0.5) is 5.69 Å². The largest absolute Gasteiger partial charge is 0.494 e. The number of carboxylic acid groups (broad SMARTS) is 1. The van der Waals surface area contributed by atoms with E-state index in [0.717, 1.165) is 4.90 Å². The van der Waals surface area contributed by atoms with E-state index in [2.05, 4.69) is 0 Å². The van der Waals surface area contributed by atoms with E-state index in [9.17, 15) is 9.59 Å². The average molecular weight is 239 g/mol. The zero-order valence-electron chi connectivity index (χ0n) is 9.54. The predicted octanol–water partition coefficient (Wildman–Crippen LogP) is 0.751. The van der Waals surface area contributed by atoms with E-state index in [-0.39, 0.29) is 0 Å². The van der Waals surface area contributed by atoms with Crippen molar-refractivity contribution in [1.82, 2.24) is 0 Å². The number of rotatable bonds is 6. The van der Waals surface area contributed by atoms with Gasteiger partial charge >= 0.3 is 5.97 Å². The first-order valence-corrected chi connectivity index (χ1v) is 4.78. The first-order chi connectivity index (χ1) is 8.13. The van der Waals surface area contributed by atoms with E-state index in [0.29, 0.717) is 23.6 Å². The molecule has 0 fully saturated rings. The van der Waals surface area contributed by atoms with Gasteiger partial charge in [-0.05, 0) is 12.1 Å². The zero-order valence-corrected chi connectivity index (χ0v) is 9.54. The zero-order chi connectivity index (χ0) is 12.8. The van der Waals surface area contributed by atoms with Crippen LogP contribution in [0.15, 0.2) is 18.2 Å². The molecule has 0 heterocycles. The summed E-state index contributed by atoms with van der Waals surface area (Å²) < 4.78 is 10.2. The summed E-state index contributed by atoms with van der Waals surface area (Å²) in [6, 6.07) is 4.93. The average Bonchev–Trinajstić information content (AvgIpc) is 2.34. The normalized spacial score (nSPS) is 9.53. The molecule has 1 aromatic carbocycles. The third kappa shape index (κ3) is 2.87. The van der Waals surface area contributed by atoms with Gasteiger partial charge in [-0.1, -0.05) is 6.07 Å². The molecule has 1 N–H and O–H groups in total. The Bertz CT molecular complexity index is 396. The Kier molecular flexibility index (Phi) is 4.33. The van der Waals surface area contributed by atoms with Crippen LogP contribution in [0.5, 0.6) is 11.5 Å². The number of anilines is 1. The Morgan fingerprint density at radius 3 is 2.24 bits per heavy atom. The highest BCUT2D eigenvalue weighted by Crippen LogP contribution is 2.36. The predicted molar refractivity (Wildman–Crippen MR) is 60.6 cm³/mol. The first-order valence-electron chi connectivity index (χ1n) is 4.78. The summed E-state index contributed by atoms with van der Waals surface area (Å²) in [5, 5.41) is 8.72. The second kappa shape index (κ2) is 5.74. The van der Waals surface area contributed by atoms with Crippen molar-refractivity contribution in [2.45, 2.75) is 0 Å². The third-order valence-electron chi connectivity index (χ3n) is 2.12. The summed E-state index contributed by atoms with van der Waals surface area (Å²) in [6.07, 6.45) is 0.425. The van der Waals surface area contributed by atoms with Crippen LogP contribution in [0.25, 0.3) is 0 Å². The number of hydrogen-bond donors (Lipinski definition) is 1. The van der Waals surface area contributed by atoms with Crippen molar-refractivity contribution in [1.29, 1.82) is 0 Å². The number of amides is 1. The molecule has 1 rings (SSSR count). The summed E-state index contributed by atoms with van der Waals surface area (Å²) >= 11 is 0. The molecule has 0 saturated carbocycles. The van der Waals surface area contributed by atoms with Gasteiger partial charge < -0.3 is 14.6 Å². The quantitative estimate of drug-likeness (QED) is 0.741. The molecule has 1 amide bonds. The molecule has 6 heteroatoms. The van der Waals surface area contributed by atoms with Crippen molar-refractivity contribution in [3.8, 4) is 11.5 Å². The van der Waals surface area contributed by atoms with Crippen molar-refractivity contribution in [3.05, 3.63) is 18.2 Å². The maximum Gasteiger partial charge on any atom is 0.323 e. The summed E-state index contributed by atoms with van der Waals surface area (Å²) in [5.74, 6) is -0.375. The second-order valence-corrected chi connectivity index (χ2v) is 3.14. The number of nitrogens with zero attached hydrogens (tertiary/aromatic N) is 1. The highest BCUT2D eigenvalue weighted by molar-refractivity contribution is 5.89. The molecule has 92 valence electrons. The molecule has 0 atom stereocenters. The Morgan fingerprint density at radius 2 is 1.88 bits per heavy atom. The molecule has 0 aliphatic rings. The minimum absolute atomic E-state index is 0.301. The maximum atomic E-state index is 10.9. The van der Waals surface area contributed by atoms with Crippen LogP contribution in [0.2, 0.25) is 0 Å². The molecular weight excluding hydrogens is 226 g/mol. The van der Waals surface area contributed by atoms with Crippen molar-refractivity contribution >= 4 is 18.1 Å². The molecule has 0 spiro atoms. The summed E-state index contributed by atoms with van der Waals surface area (Å²) in [5.41, 5.74) is 0.301. The number of carboxylic acids is 1. The van der Waals surface area contributed by atoms with E-state index in [1.54, 1.807) is 18.2 Å². The van der Waals surface area contributed by atoms with E-state index in [1.807, 2.05) is 0 Å². The molecule has 6 nitrogen and oxygen atoms in total. The lowest BCUT2D eigenvalue weighted by Gasteiger charge is -2.20.